The summed E-state index contributed by atoms with van der Waals surface area (Å²) >= 11 is 0. The first-order chi connectivity index (χ1) is 13.8. The second-order valence-corrected chi connectivity index (χ2v) is 8.49. The average molecular weight is 398 g/mol. The van der Waals surface area contributed by atoms with Gasteiger partial charge in [0.1, 0.15) is 0 Å². The third kappa shape index (κ3) is 5.67. The van der Waals surface area contributed by atoms with Crippen LogP contribution in [-0.2, 0) is 4.79 Å². The first kappa shape index (κ1) is 21.5. The van der Waals surface area contributed by atoms with Crippen LogP contribution in [0.3, 0.4) is 0 Å². The zero-order chi connectivity index (χ0) is 21.0. The normalized spacial score (nSPS) is 17.8. The minimum absolute atomic E-state index is 0.0464. The van der Waals surface area contributed by atoms with Crippen molar-refractivity contribution in [3.8, 4) is 0 Å². The Balaban J connectivity index is 1.63. The van der Waals surface area contributed by atoms with E-state index in [0.29, 0.717) is 13.0 Å². The Morgan fingerprint density at radius 1 is 1.10 bits per heavy atom. The van der Waals surface area contributed by atoms with Crippen molar-refractivity contribution in [3.63, 3.8) is 0 Å². The second kappa shape index (κ2) is 9.55. The van der Waals surface area contributed by atoms with Crippen molar-refractivity contribution in [2.75, 3.05) is 39.8 Å². The van der Waals surface area contributed by atoms with Gasteiger partial charge in [-0.25, -0.2) is 0 Å². The van der Waals surface area contributed by atoms with E-state index in [0.717, 1.165) is 37.6 Å². The summed E-state index contributed by atoms with van der Waals surface area (Å²) in [5, 5.41) is 7.71. The quantitative estimate of drug-likeness (QED) is 0.781. The van der Waals surface area contributed by atoms with E-state index >= 15 is 0 Å². The number of aryl methyl sites for hydroxylation is 3. The Hall–Kier alpha value is -2.18. The van der Waals surface area contributed by atoms with E-state index < -0.39 is 0 Å². The van der Waals surface area contributed by atoms with E-state index in [4.69, 9.17) is 0 Å². The number of hydrogen-bond donors (Lipinski definition) is 1. The van der Waals surface area contributed by atoms with Gasteiger partial charge in [-0.1, -0.05) is 29.8 Å². The highest BCUT2D eigenvalue weighted by atomic mass is 16.1. The van der Waals surface area contributed by atoms with Crippen LogP contribution in [0.5, 0.6) is 0 Å². The summed E-state index contributed by atoms with van der Waals surface area (Å²) in [5.74, 6) is 0.0799. The van der Waals surface area contributed by atoms with Gasteiger partial charge in [0.05, 0.1) is 17.8 Å². The molecule has 29 heavy (non-hydrogen) atoms. The lowest BCUT2D eigenvalue weighted by atomic mass is 10.0. The summed E-state index contributed by atoms with van der Waals surface area (Å²) in [7, 11) is 2.17. The van der Waals surface area contributed by atoms with Crippen LogP contribution in [0.15, 0.2) is 30.3 Å². The molecule has 6 heteroatoms. The first-order valence-corrected chi connectivity index (χ1v) is 10.6. The molecule has 1 fully saturated rings. The highest BCUT2D eigenvalue weighted by molar-refractivity contribution is 5.76. The molecule has 0 bridgehead atoms. The number of carbonyl (C=O) groups excluding carboxylic acids is 1. The van der Waals surface area contributed by atoms with Gasteiger partial charge in [-0.15, -0.1) is 0 Å². The first-order valence-electron chi connectivity index (χ1n) is 10.6. The molecule has 1 aromatic carbocycles. The lowest BCUT2D eigenvalue weighted by Gasteiger charge is -2.38. The molecule has 0 saturated carbocycles. The van der Waals surface area contributed by atoms with Gasteiger partial charge in [-0.2, -0.15) is 5.10 Å². The molecule has 1 amide bonds. The second-order valence-electron chi connectivity index (χ2n) is 8.49. The molecule has 3 rings (SSSR count). The molecule has 2 atom stereocenters. The third-order valence-electron chi connectivity index (χ3n) is 5.88. The number of hydrogen-bond acceptors (Lipinski definition) is 4. The minimum Gasteiger partial charge on any atom is -0.354 e. The van der Waals surface area contributed by atoms with Gasteiger partial charge in [0.2, 0.25) is 5.91 Å². The molecule has 0 spiro atoms. The van der Waals surface area contributed by atoms with E-state index in [1.807, 2.05) is 18.5 Å². The molecular formula is C23H35N5O. The summed E-state index contributed by atoms with van der Waals surface area (Å²) in [6.45, 7) is 13.0. The highest BCUT2D eigenvalue weighted by Gasteiger charge is 2.25. The standard InChI is InChI=1S/C23H35N5O/c1-17-6-8-21(9-7-17)22(27-12-10-26(5)11-13-27)16-24-23(29)15-20(4)28-19(3)14-18(2)25-28/h6-9,14,20,22H,10-13,15-16H2,1-5H3,(H,24,29)/t20-,22-/m1/s1. The summed E-state index contributed by atoms with van der Waals surface area (Å²) in [6, 6.07) is 11.0. The predicted molar refractivity (Wildman–Crippen MR) is 117 cm³/mol. The number of rotatable bonds is 7. The van der Waals surface area contributed by atoms with Crippen LogP contribution in [0.1, 0.15) is 47.9 Å². The van der Waals surface area contributed by atoms with Crippen LogP contribution < -0.4 is 5.32 Å². The number of nitrogens with one attached hydrogen (secondary N) is 1. The lowest BCUT2D eigenvalue weighted by molar-refractivity contribution is -0.122. The number of benzene rings is 1. The van der Waals surface area contributed by atoms with Gasteiger partial charge < -0.3 is 10.2 Å². The number of nitrogens with zero attached hydrogens (tertiary/aromatic N) is 4. The summed E-state index contributed by atoms with van der Waals surface area (Å²) in [5.41, 5.74) is 4.61. The SMILES string of the molecule is Cc1ccc([C@@H](CNC(=O)C[C@@H](C)n2nc(C)cc2C)N2CCN(C)CC2)cc1. The van der Waals surface area contributed by atoms with E-state index in [-0.39, 0.29) is 18.0 Å². The molecule has 158 valence electrons. The van der Waals surface area contributed by atoms with E-state index in [9.17, 15) is 4.79 Å². The van der Waals surface area contributed by atoms with Crippen molar-refractivity contribution < 1.29 is 4.79 Å². The number of amides is 1. The van der Waals surface area contributed by atoms with Gasteiger partial charge in [-0.05, 0) is 46.4 Å². The highest BCUT2D eigenvalue weighted by Crippen LogP contribution is 2.22. The van der Waals surface area contributed by atoms with Crippen molar-refractivity contribution in [2.24, 2.45) is 0 Å². The molecule has 1 aliphatic heterocycles. The minimum atomic E-state index is 0.0464. The Labute approximate surface area is 174 Å². The molecule has 6 nitrogen and oxygen atoms in total. The topological polar surface area (TPSA) is 53.4 Å². The van der Waals surface area contributed by atoms with Gasteiger partial charge in [-0.3, -0.25) is 14.4 Å². The molecule has 2 heterocycles. The Morgan fingerprint density at radius 3 is 2.34 bits per heavy atom. The zero-order valence-corrected chi connectivity index (χ0v) is 18.5. The monoisotopic (exact) mass is 397 g/mol. The number of carbonyl (C=O) groups is 1. The van der Waals surface area contributed by atoms with Gasteiger partial charge in [0.25, 0.3) is 0 Å². The Kier molecular flexibility index (Phi) is 7.09. The lowest BCUT2D eigenvalue weighted by Crippen LogP contribution is -2.48. The largest absolute Gasteiger partial charge is 0.354 e. The molecule has 2 aromatic rings. The van der Waals surface area contributed by atoms with E-state index in [1.165, 1.54) is 11.1 Å². The van der Waals surface area contributed by atoms with Gasteiger partial charge in [0.15, 0.2) is 0 Å². The van der Waals surface area contributed by atoms with Crippen LogP contribution in [0.2, 0.25) is 0 Å². The fraction of sp³-hybridized carbons (Fsp3) is 0.565. The van der Waals surface area contributed by atoms with E-state index in [1.54, 1.807) is 0 Å². The molecule has 1 N–H and O–H groups in total. The van der Waals surface area contributed by atoms with Crippen LogP contribution in [0, 0.1) is 20.8 Å². The van der Waals surface area contributed by atoms with Gasteiger partial charge >= 0.3 is 0 Å². The molecule has 1 saturated heterocycles. The fourth-order valence-corrected chi connectivity index (χ4v) is 4.11. The van der Waals surface area contributed by atoms with Crippen molar-refractivity contribution in [2.45, 2.75) is 46.2 Å². The molecule has 0 aliphatic carbocycles. The van der Waals surface area contributed by atoms with Crippen molar-refractivity contribution in [1.29, 1.82) is 0 Å². The van der Waals surface area contributed by atoms with Crippen LogP contribution >= 0.6 is 0 Å². The smallest absolute Gasteiger partial charge is 0.222 e. The molecule has 1 aromatic heterocycles. The average Bonchev–Trinajstić information content (AvgIpc) is 3.03. The molecule has 0 radical (unpaired) electrons. The summed E-state index contributed by atoms with van der Waals surface area (Å²) < 4.78 is 1.95. The molecule has 0 unspecified atom stereocenters. The van der Waals surface area contributed by atoms with Crippen LogP contribution in [-0.4, -0.2) is 65.3 Å². The maximum atomic E-state index is 12.7. The Morgan fingerprint density at radius 2 is 1.76 bits per heavy atom. The van der Waals surface area contributed by atoms with Crippen molar-refractivity contribution in [3.05, 3.63) is 52.8 Å². The number of piperazine rings is 1. The Bertz CT molecular complexity index is 805. The molecule has 1 aliphatic rings. The number of likely N-dealkylation sites (N-methyl/N-ethyl adjacent to an activating group) is 1. The van der Waals surface area contributed by atoms with E-state index in [2.05, 4.69) is 71.4 Å². The maximum absolute atomic E-state index is 12.7. The van der Waals surface area contributed by atoms with Crippen LogP contribution in [0.25, 0.3) is 0 Å². The molecular weight excluding hydrogens is 362 g/mol. The summed E-state index contributed by atoms with van der Waals surface area (Å²) in [4.78, 5) is 17.5. The predicted octanol–water partition coefficient (Wildman–Crippen LogP) is 2.86. The van der Waals surface area contributed by atoms with Crippen molar-refractivity contribution >= 4 is 5.91 Å². The van der Waals surface area contributed by atoms with Crippen LogP contribution in [0.4, 0.5) is 0 Å². The summed E-state index contributed by atoms with van der Waals surface area (Å²) in [6.07, 6.45) is 0.436. The zero-order valence-electron chi connectivity index (χ0n) is 18.5. The fourth-order valence-electron chi connectivity index (χ4n) is 4.11. The third-order valence-corrected chi connectivity index (χ3v) is 5.88. The van der Waals surface area contributed by atoms with Gasteiger partial charge in [0, 0.05) is 44.8 Å². The van der Waals surface area contributed by atoms with Crippen molar-refractivity contribution in [1.82, 2.24) is 24.9 Å². The number of aromatic nitrogens is 2. The maximum Gasteiger partial charge on any atom is 0.222 e.